The van der Waals surface area contributed by atoms with Crippen molar-refractivity contribution in [3.8, 4) is 5.75 Å². The van der Waals surface area contributed by atoms with E-state index in [2.05, 4.69) is 28.5 Å². The van der Waals surface area contributed by atoms with Gasteiger partial charge in [-0.2, -0.15) is 0 Å². The highest BCUT2D eigenvalue weighted by molar-refractivity contribution is 6.31. The van der Waals surface area contributed by atoms with Crippen LogP contribution < -0.4 is 14.5 Å². The third-order valence-electron chi connectivity index (χ3n) is 7.33. The number of carbonyl (C=O) groups is 1. The Kier molecular flexibility index (Phi) is 6.69. The molecule has 180 valence electrons. The largest absolute Gasteiger partial charge is 0.497 e. The smallest absolute Gasteiger partial charge is 0.351 e. The van der Waals surface area contributed by atoms with Crippen LogP contribution in [0.1, 0.15) is 34.3 Å². The average molecular weight is 509 g/mol. The van der Waals surface area contributed by atoms with Gasteiger partial charge in [-0.1, -0.05) is 41.4 Å². The van der Waals surface area contributed by atoms with Crippen LogP contribution in [0, 0.1) is 0 Å². The number of nitrogens with zero attached hydrogens (tertiary/aromatic N) is 2. The quantitative estimate of drug-likeness (QED) is 0.344. The number of methoxy groups -OCH3 is 1. The van der Waals surface area contributed by atoms with Crippen molar-refractivity contribution in [3.63, 3.8) is 0 Å². The first-order chi connectivity index (χ1) is 17.0. The molecule has 35 heavy (non-hydrogen) atoms. The molecular weight excluding hydrogens is 481 g/mol. The molecule has 1 saturated heterocycles. The summed E-state index contributed by atoms with van der Waals surface area (Å²) in [6, 6.07) is 17.3. The molecule has 1 amide bonds. The molecule has 1 spiro atoms. The summed E-state index contributed by atoms with van der Waals surface area (Å²) in [5.41, 5.74) is 3.73. The molecule has 7 heteroatoms. The van der Waals surface area contributed by atoms with Crippen molar-refractivity contribution in [3.05, 3.63) is 93.7 Å². The third kappa shape index (κ3) is 4.50. The maximum atomic E-state index is 14.3. The van der Waals surface area contributed by atoms with Crippen LogP contribution >= 0.6 is 23.2 Å². The average Bonchev–Trinajstić information content (AvgIpc) is 3.13. The van der Waals surface area contributed by atoms with Gasteiger partial charge >= 0.3 is 5.91 Å². The summed E-state index contributed by atoms with van der Waals surface area (Å²) in [6.45, 7) is 3.05. The van der Waals surface area contributed by atoms with E-state index < -0.39 is 0 Å². The number of pyridine rings is 1. The summed E-state index contributed by atoms with van der Waals surface area (Å²) >= 11 is 12.7. The number of fused-ring (bicyclic) bond motifs is 2. The summed E-state index contributed by atoms with van der Waals surface area (Å²) in [6.07, 6.45) is 7.69. The van der Waals surface area contributed by atoms with Crippen molar-refractivity contribution in [2.24, 2.45) is 0 Å². The molecule has 1 aromatic heterocycles. The third-order valence-corrected chi connectivity index (χ3v) is 7.77. The van der Waals surface area contributed by atoms with Gasteiger partial charge in [-0.15, -0.1) is 0 Å². The lowest BCUT2D eigenvalue weighted by atomic mass is 9.75. The van der Waals surface area contributed by atoms with Gasteiger partial charge in [-0.3, -0.25) is 0 Å². The number of carbonyl (C=O) groups excluding carboxylic acids is 1. The van der Waals surface area contributed by atoms with E-state index in [1.807, 2.05) is 36.4 Å². The maximum Gasteiger partial charge on any atom is 0.351 e. The Bertz CT molecular complexity index is 1270. The fourth-order valence-corrected chi connectivity index (χ4v) is 5.97. The number of piperidine rings is 1. The van der Waals surface area contributed by atoms with Gasteiger partial charge in [0.2, 0.25) is 0 Å². The van der Waals surface area contributed by atoms with Crippen LogP contribution in [-0.4, -0.2) is 44.2 Å². The molecule has 1 fully saturated rings. The highest BCUT2D eigenvalue weighted by Crippen LogP contribution is 2.51. The number of amides is 1. The Morgan fingerprint density at radius 1 is 1.11 bits per heavy atom. The molecular formula is C28H28Cl2N3O2+. The van der Waals surface area contributed by atoms with Gasteiger partial charge in [-0.05, 0) is 74.0 Å². The number of benzene rings is 2. The Balaban J connectivity index is 1.60. The SMILES string of the molecule is COc1ccc(C=CC[N+]2(C(=O)c3ccnc(Cl)c3)CC3(CCNCC3)c3cc(Cl)ccc32)cc1. The number of aromatic nitrogens is 1. The number of ether oxygens (including phenoxy) is 1. The lowest BCUT2D eigenvalue weighted by Crippen LogP contribution is -2.57. The molecule has 3 heterocycles. The van der Waals surface area contributed by atoms with Gasteiger partial charge in [0.15, 0.2) is 0 Å². The second-order valence-electron chi connectivity index (χ2n) is 9.35. The first kappa shape index (κ1) is 24.0. The van der Waals surface area contributed by atoms with Crippen LogP contribution in [0.3, 0.4) is 0 Å². The number of quaternary nitrogens is 1. The Morgan fingerprint density at radius 3 is 2.60 bits per heavy atom. The van der Waals surface area contributed by atoms with Gasteiger partial charge in [-0.25, -0.2) is 14.3 Å². The van der Waals surface area contributed by atoms with E-state index in [4.69, 9.17) is 27.9 Å². The second kappa shape index (κ2) is 9.75. The maximum absolute atomic E-state index is 14.3. The molecule has 1 unspecified atom stereocenters. The Hall–Kier alpha value is -2.70. The predicted octanol–water partition coefficient (Wildman–Crippen LogP) is 5.89. The minimum Gasteiger partial charge on any atom is -0.497 e. The zero-order valence-electron chi connectivity index (χ0n) is 19.6. The van der Waals surface area contributed by atoms with Crippen LogP contribution in [0.2, 0.25) is 10.2 Å². The molecule has 5 rings (SSSR count). The normalized spacial score (nSPS) is 20.8. The highest BCUT2D eigenvalue weighted by Gasteiger charge is 2.57. The van der Waals surface area contributed by atoms with Gasteiger partial charge < -0.3 is 10.1 Å². The molecule has 5 nitrogen and oxygen atoms in total. The van der Waals surface area contributed by atoms with Crippen molar-refractivity contribution < 1.29 is 9.53 Å². The van der Waals surface area contributed by atoms with Crippen molar-refractivity contribution in [2.45, 2.75) is 18.3 Å². The number of halogens is 2. The summed E-state index contributed by atoms with van der Waals surface area (Å²) in [4.78, 5) is 18.4. The molecule has 0 bridgehead atoms. The van der Waals surface area contributed by atoms with E-state index in [-0.39, 0.29) is 15.8 Å². The Labute approximate surface area is 215 Å². The summed E-state index contributed by atoms with van der Waals surface area (Å²) in [7, 11) is 1.66. The van der Waals surface area contributed by atoms with Crippen LogP contribution in [0.15, 0.2) is 66.9 Å². The van der Waals surface area contributed by atoms with Crippen molar-refractivity contribution in [2.75, 3.05) is 33.3 Å². The summed E-state index contributed by atoms with van der Waals surface area (Å²) in [5, 5.41) is 4.49. The predicted molar refractivity (Wildman–Crippen MR) is 142 cm³/mol. The standard InChI is InChI=1S/C28H28Cl2N3O2/c1-35-23-7-4-20(5-8-23)3-2-16-33(27(34)21-10-13-32-26(30)17-21)19-28(11-14-31-15-12-28)24-18-22(29)6-9-25(24)33/h2-10,13,17-18,31H,11-12,14-16,19H2,1H3/q+1. The number of hydrogen-bond donors (Lipinski definition) is 1. The van der Waals surface area contributed by atoms with Crippen LogP contribution in [0.5, 0.6) is 5.75 Å². The molecule has 2 aliphatic rings. The molecule has 2 aromatic carbocycles. The fraction of sp³-hybridized carbons (Fsp3) is 0.286. The van der Waals surface area contributed by atoms with Crippen molar-refractivity contribution in [1.29, 1.82) is 0 Å². The molecule has 3 aromatic rings. The van der Waals surface area contributed by atoms with Crippen LogP contribution in [-0.2, 0) is 5.41 Å². The van der Waals surface area contributed by atoms with E-state index in [0.717, 1.165) is 42.9 Å². The van der Waals surface area contributed by atoms with E-state index in [1.54, 1.807) is 25.4 Å². The highest BCUT2D eigenvalue weighted by atomic mass is 35.5. The number of nitrogens with one attached hydrogen (secondary N) is 1. The number of hydrogen-bond acceptors (Lipinski definition) is 4. The lowest BCUT2D eigenvalue weighted by Gasteiger charge is -2.36. The molecule has 2 aliphatic heterocycles. The molecule has 0 saturated carbocycles. The van der Waals surface area contributed by atoms with E-state index >= 15 is 0 Å². The zero-order valence-corrected chi connectivity index (χ0v) is 21.1. The lowest BCUT2D eigenvalue weighted by molar-refractivity contribution is 0.0759. The summed E-state index contributed by atoms with van der Waals surface area (Å²) in [5.74, 6) is 0.834. The van der Waals surface area contributed by atoms with E-state index in [9.17, 15) is 4.79 Å². The van der Waals surface area contributed by atoms with E-state index in [1.165, 1.54) is 5.56 Å². The fourth-order valence-electron chi connectivity index (χ4n) is 5.62. The first-order valence-electron chi connectivity index (χ1n) is 11.8. The van der Waals surface area contributed by atoms with Crippen molar-refractivity contribution in [1.82, 2.24) is 14.8 Å². The molecule has 1 atom stereocenters. The minimum atomic E-state index is -0.105. The number of rotatable bonds is 5. The monoisotopic (exact) mass is 508 g/mol. The zero-order chi connectivity index (χ0) is 24.5. The van der Waals surface area contributed by atoms with E-state index in [0.29, 0.717) is 28.8 Å². The minimum absolute atomic E-state index is 0.0210. The van der Waals surface area contributed by atoms with Gasteiger partial charge in [0.05, 0.1) is 18.1 Å². The van der Waals surface area contributed by atoms with Gasteiger partial charge in [0.1, 0.15) is 29.7 Å². The van der Waals surface area contributed by atoms with Gasteiger partial charge in [0, 0.05) is 22.8 Å². The summed E-state index contributed by atoms with van der Waals surface area (Å²) < 4.78 is 5.46. The van der Waals surface area contributed by atoms with Crippen LogP contribution in [0.25, 0.3) is 6.08 Å². The van der Waals surface area contributed by atoms with Crippen molar-refractivity contribution >= 4 is 40.9 Å². The van der Waals surface area contributed by atoms with Gasteiger partial charge in [0.25, 0.3) is 0 Å². The molecule has 1 N–H and O–H groups in total. The Morgan fingerprint density at radius 2 is 1.89 bits per heavy atom. The topological polar surface area (TPSA) is 51.2 Å². The second-order valence-corrected chi connectivity index (χ2v) is 10.2. The van der Waals surface area contributed by atoms with Crippen LogP contribution in [0.4, 0.5) is 5.69 Å². The molecule has 0 aliphatic carbocycles. The molecule has 0 radical (unpaired) electrons. The first-order valence-corrected chi connectivity index (χ1v) is 12.6.